The van der Waals surface area contributed by atoms with Crippen molar-refractivity contribution >= 4 is 28.4 Å². The van der Waals surface area contributed by atoms with Crippen molar-refractivity contribution in [3.05, 3.63) is 75.2 Å². The molecule has 1 aliphatic rings. The van der Waals surface area contributed by atoms with Gasteiger partial charge in [-0.1, -0.05) is 29.8 Å². The van der Waals surface area contributed by atoms with Crippen molar-refractivity contribution in [2.75, 3.05) is 14.1 Å². The number of likely N-dealkylation sites (N-methyl/N-ethyl adjacent to an activating group) is 2. The maximum atomic E-state index is 13.8. The second-order valence-electron chi connectivity index (χ2n) is 8.24. The molecule has 0 radical (unpaired) electrons. The summed E-state index contributed by atoms with van der Waals surface area (Å²) in [5.74, 6) is -1.17. The van der Waals surface area contributed by atoms with Crippen LogP contribution >= 0.6 is 0 Å². The number of nitro groups is 1. The van der Waals surface area contributed by atoms with Crippen LogP contribution in [-0.4, -0.2) is 57.7 Å². The number of rotatable bonds is 5. The monoisotopic (exact) mass is 438 g/mol. The number of benzene rings is 2. The molecule has 1 aromatic heterocycles. The van der Waals surface area contributed by atoms with Crippen LogP contribution in [0.25, 0.3) is 10.9 Å². The number of aromatic amines is 1. The van der Waals surface area contributed by atoms with Gasteiger partial charge in [-0.05, 0) is 24.1 Å². The van der Waals surface area contributed by atoms with Crippen LogP contribution in [-0.2, 0) is 22.4 Å². The summed E-state index contributed by atoms with van der Waals surface area (Å²) in [7, 11) is 3.18. The maximum absolute atomic E-state index is 13.8. The van der Waals surface area contributed by atoms with Gasteiger partial charge in [0.2, 0.25) is 11.8 Å². The zero-order chi connectivity index (χ0) is 23.2. The van der Waals surface area contributed by atoms with Gasteiger partial charge in [-0.2, -0.15) is 0 Å². The van der Waals surface area contributed by atoms with E-state index in [1.807, 2.05) is 31.2 Å². The van der Waals surface area contributed by atoms with Crippen LogP contribution in [0.1, 0.15) is 16.7 Å². The predicted octanol–water partition coefficient (Wildman–Crippen LogP) is 2.98. The number of carbonyl (C=O) groups is 2. The summed E-state index contributed by atoms with van der Waals surface area (Å²) in [5, 5.41) is 11.7. The van der Waals surface area contributed by atoms with Crippen LogP contribution in [0.5, 0.6) is 0 Å². The van der Waals surface area contributed by atoms with Crippen LogP contribution in [0, 0.1) is 22.9 Å². The second-order valence-corrected chi connectivity index (χ2v) is 8.24. The molecular formula is C23H23FN4O4. The van der Waals surface area contributed by atoms with Crippen molar-refractivity contribution in [1.82, 2.24) is 14.8 Å². The quantitative estimate of drug-likeness (QED) is 0.489. The molecule has 3 aromatic rings. The lowest BCUT2D eigenvalue weighted by molar-refractivity contribution is -0.383. The van der Waals surface area contributed by atoms with Crippen LogP contribution < -0.4 is 0 Å². The van der Waals surface area contributed by atoms with Crippen molar-refractivity contribution in [3.8, 4) is 0 Å². The highest BCUT2D eigenvalue weighted by molar-refractivity contribution is 5.98. The van der Waals surface area contributed by atoms with E-state index in [0.29, 0.717) is 12.0 Å². The molecule has 1 saturated heterocycles. The van der Waals surface area contributed by atoms with Crippen molar-refractivity contribution in [3.63, 3.8) is 0 Å². The number of fused-ring (bicyclic) bond motifs is 1. The van der Waals surface area contributed by atoms with Crippen LogP contribution in [0.3, 0.4) is 0 Å². The number of nitrogens with zero attached hydrogens (tertiary/aromatic N) is 3. The third-order valence-electron chi connectivity index (χ3n) is 6.17. The van der Waals surface area contributed by atoms with Gasteiger partial charge in [0, 0.05) is 33.1 Å². The van der Waals surface area contributed by atoms with Crippen molar-refractivity contribution in [1.29, 1.82) is 0 Å². The Hall–Kier alpha value is -3.75. The first-order valence-corrected chi connectivity index (χ1v) is 10.2. The molecule has 2 atom stereocenters. The number of carbonyl (C=O) groups excluding carboxylic acids is 2. The number of nitro benzene ring substituents is 1. The minimum absolute atomic E-state index is 0.0785. The van der Waals surface area contributed by atoms with Crippen molar-refractivity contribution in [2.24, 2.45) is 0 Å². The molecule has 2 heterocycles. The average molecular weight is 438 g/mol. The van der Waals surface area contributed by atoms with Gasteiger partial charge >= 0.3 is 0 Å². The third kappa shape index (κ3) is 3.70. The number of nitrogens with one attached hydrogen (secondary N) is 1. The van der Waals surface area contributed by atoms with Gasteiger partial charge in [0.1, 0.15) is 17.9 Å². The van der Waals surface area contributed by atoms with Gasteiger partial charge in [-0.25, -0.2) is 4.39 Å². The van der Waals surface area contributed by atoms with Crippen molar-refractivity contribution in [2.45, 2.75) is 31.8 Å². The number of halogens is 1. The largest absolute Gasteiger partial charge is 0.361 e. The molecule has 2 aromatic carbocycles. The van der Waals surface area contributed by atoms with Gasteiger partial charge in [0.05, 0.1) is 21.9 Å². The van der Waals surface area contributed by atoms with E-state index in [1.165, 1.54) is 22.1 Å². The number of aromatic nitrogens is 1. The minimum Gasteiger partial charge on any atom is -0.361 e. The lowest BCUT2D eigenvalue weighted by atomic mass is 9.95. The molecule has 1 N–H and O–H groups in total. The van der Waals surface area contributed by atoms with Gasteiger partial charge in [-0.15, -0.1) is 0 Å². The highest BCUT2D eigenvalue weighted by Gasteiger charge is 2.42. The molecule has 1 fully saturated rings. The van der Waals surface area contributed by atoms with Gasteiger partial charge < -0.3 is 14.8 Å². The lowest BCUT2D eigenvalue weighted by Crippen LogP contribution is -2.63. The maximum Gasteiger partial charge on any atom is 0.281 e. The van der Waals surface area contributed by atoms with Gasteiger partial charge in [0.25, 0.3) is 5.69 Å². The number of hydrogen-bond donors (Lipinski definition) is 1. The Balaban J connectivity index is 1.62. The molecule has 9 heteroatoms. The fourth-order valence-electron chi connectivity index (χ4n) is 4.30. The number of H-pyrrole nitrogens is 1. The zero-order valence-corrected chi connectivity index (χ0v) is 18.0. The Morgan fingerprint density at radius 3 is 2.22 bits per heavy atom. The molecule has 8 nitrogen and oxygen atoms in total. The summed E-state index contributed by atoms with van der Waals surface area (Å²) in [6.45, 7) is 1.98. The Morgan fingerprint density at radius 2 is 1.62 bits per heavy atom. The normalized spacial score (nSPS) is 19.1. The van der Waals surface area contributed by atoms with Crippen LogP contribution in [0.15, 0.2) is 42.6 Å². The van der Waals surface area contributed by atoms with Crippen molar-refractivity contribution < 1.29 is 18.9 Å². The molecule has 166 valence electrons. The fourth-order valence-corrected chi connectivity index (χ4v) is 4.30. The van der Waals surface area contributed by atoms with E-state index in [1.54, 1.807) is 14.1 Å². The van der Waals surface area contributed by atoms with Crippen LogP contribution in [0.4, 0.5) is 10.1 Å². The van der Waals surface area contributed by atoms with Crippen LogP contribution in [0.2, 0.25) is 0 Å². The minimum atomic E-state index is -0.814. The number of piperazine rings is 1. The van der Waals surface area contributed by atoms with E-state index >= 15 is 0 Å². The summed E-state index contributed by atoms with van der Waals surface area (Å²) >= 11 is 0. The molecule has 1 aliphatic heterocycles. The third-order valence-corrected chi connectivity index (χ3v) is 6.17. The predicted molar refractivity (Wildman–Crippen MR) is 117 cm³/mol. The molecule has 0 aliphatic carbocycles. The molecule has 4 rings (SSSR count). The first kappa shape index (κ1) is 21.5. The summed E-state index contributed by atoms with van der Waals surface area (Å²) < 4.78 is 13.8. The molecule has 32 heavy (non-hydrogen) atoms. The number of hydrogen-bond acceptors (Lipinski definition) is 4. The SMILES string of the molecule is Cc1ccc(C[C@H]2C(=O)N(C)[C@@H](Cc3c[nH]c4cc(F)cc([N+](=O)[O-])c34)C(=O)N2C)cc1. The van der Waals surface area contributed by atoms with E-state index < -0.39 is 22.8 Å². The summed E-state index contributed by atoms with van der Waals surface area (Å²) in [6, 6.07) is 8.40. The number of aryl methyl sites for hydroxylation is 1. The Bertz CT molecular complexity index is 1220. The zero-order valence-electron chi connectivity index (χ0n) is 18.0. The van der Waals surface area contributed by atoms with E-state index in [4.69, 9.17) is 0 Å². The Morgan fingerprint density at radius 1 is 1.03 bits per heavy atom. The lowest BCUT2D eigenvalue weighted by Gasteiger charge is -2.42. The van der Waals surface area contributed by atoms with E-state index in [-0.39, 0.29) is 34.8 Å². The topological polar surface area (TPSA) is 99.5 Å². The van der Waals surface area contributed by atoms with E-state index in [0.717, 1.165) is 17.2 Å². The van der Waals surface area contributed by atoms with E-state index in [2.05, 4.69) is 4.98 Å². The van der Waals surface area contributed by atoms with Gasteiger partial charge in [0.15, 0.2) is 0 Å². The second kappa shape index (κ2) is 8.07. The molecule has 0 bridgehead atoms. The fraction of sp³-hybridized carbons (Fsp3) is 0.304. The summed E-state index contributed by atoms with van der Waals surface area (Å²) in [4.78, 5) is 42.9. The highest BCUT2D eigenvalue weighted by Crippen LogP contribution is 2.32. The van der Waals surface area contributed by atoms with Gasteiger partial charge in [-0.3, -0.25) is 19.7 Å². The Labute approximate surface area is 183 Å². The molecule has 0 spiro atoms. The highest BCUT2D eigenvalue weighted by atomic mass is 19.1. The Kier molecular flexibility index (Phi) is 5.41. The smallest absolute Gasteiger partial charge is 0.281 e. The standard InChI is InChI=1S/C23H23FN4O4/c1-13-4-6-14(7-5-13)8-19-22(29)27(3)20(23(30)26(19)2)9-15-12-25-17-10-16(24)11-18(21(15)17)28(31)32/h4-7,10-12,19-20,25H,8-9H2,1-3H3/t19-,20-/m0/s1. The summed E-state index contributed by atoms with van der Waals surface area (Å²) in [5.41, 5.74) is 2.44. The first-order valence-electron chi connectivity index (χ1n) is 10.2. The summed E-state index contributed by atoms with van der Waals surface area (Å²) in [6.07, 6.45) is 2.01. The molecule has 2 amide bonds. The first-order chi connectivity index (χ1) is 15.2. The number of amides is 2. The van der Waals surface area contributed by atoms with E-state index in [9.17, 15) is 24.1 Å². The molecular weight excluding hydrogens is 415 g/mol. The number of non-ortho nitro benzene ring substituents is 1. The average Bonchev–Trinajstić information content (AvgIpc) is 3.15. The molecule has 0 saturated carbocycles. The molecule has 0 unspecified atom stereocenters.